The number of anilines is 1. The van der Waals surface area contributed by atoms with Gasteiger partial charge in [-0.1, -0.05) is 0 Å². The minimum absolute atomic E-state index is 0.0937. The molecule has 0 atom stereocenters. The van der Waals surface area contributed by atoms with Crippen LogP contribution in [0, 0.1) is 10.1 Å². The van der Waals surface area contributed by atoms with Crippen molar-refractivity contribution < 1.29 is 22.9 Å². The molecule has 8 nitrogen and oxygen atoms in total. The highest BCUT2D eigenvalue weighted by atomic mass is 32.2. The lowest BCUT2D eigenvalue weighted by molar-refractivity contribution is -0.384. The van der Waals surface area contributed by atoms with Gasteiger partial charge in [-0.15, -0.1) is 11.3 Å². The van der Waals surface area contributed by atoms with E-state index in [0.29, 0.717) is 16.0 Å². The van der Waals surface area contributed by atoms with E-state index in [0.717, 1.165) is 16.8 Å². The number of fused-ring (bicyclic) bond motifs is 1. The maximum Gasteiger partial charge on any atom is 0.348 e. The lowest BCUT2D eigenvalue weighted by Gasteiger charge is -2.08. The number of non-ortho nitro benzene ring substituents is 1. The Morgan fingerprint density at radius 2 is 1.85 bits per heavy atom. The molecule has 2 aromatic carbocycles. The normalized spacial score (nSPS) is 11.3. The minimum Gasteiger partial charge on any atom is -0.465 e. The van der Waals surface area contributed by atoms with Crippen molar-refractivity contribution in [3.8, 4) is 0 Å². The molecule has 3 rings (SSSR count). The van der Waals surface area contributed by atoms with Crippen LogP contribution in [0.4, 0.5) is 11.4 Å². The van der Waals surface area contributed by atoms with Gasteiger partial charge >= 0.3 is 5.97 Å². The fourth-order valence-corrected chi connectivity index (χ4v) is 4.28. The number of nitrogens with zero attached hydrogens (tertiary/aromatic N) is 1. The first kappa shape index (κ1) is 17.8. The van der Waals surface area contributed by atoms with Crippen molar-refractivity contribution in [1.29, 1.82) is 0 Å². The fourth-order valence-electron chi connectivity index (χ4n) is 2.27. The molecule has 0 spiro atoms. The third-order valence-corrected chi connectivity index (χ3v) is 6.01. The highest BCUT2D eigenvalue weighted by Gasteiger charge is 2.17. The van der Waals surface area contributed by atoms with Crippen LogP contribution in [0.15, 0.2) is 53.4 Å². The summed E-state index contributed by atoms with van der Waals surface area (Å²) in [5, 5.41) is 11.4. The summed E-state index contributed by atoms with van der Waals surface area (Å²) >= 11 is 1.24. The zero-order valence-corrected chi connectivity index (χ0v) is 15.0. The monoisotopic (exact) mass is 392 g/mol. The van der Waals surface area contributed by atoms with Gasteiger partial charge in [-0.25, -0.2) is 13.2 Å². The molecule has 10 heteroatoms. The molecular weight excluding hydrogens is 380 g/mol. The van der Waals surface area contributed by atoms with Crippen LogP contribution in [-0.4, -0.2) is 26.4 Å². The predicted octanol–water partition coefficient (Wildman–Crippen LogP) is 3.40. The maximum absolute atomic E-state index is 12.4. The number of nitro groups is 1. The summed E-state index contributed by atoms with van der Waals surface area (Å²) in [4.78, 5) is 22.0. The van der Waals surface area contributed by atoms with E-state index in [2.05, 4.69) is 9.46 Å². The molecule has 0 bridgehead atoms. The first-order valence-electron chi connectivity index (χ1n) is 7.19. The van der Waals surface area contributed by atoms with Crippen molar-refractivity contribution in [1.82, 2.24) is 0 Å². The number of carbonyl (C=O) groups is 1. The molecular formula is C16H12N2O6S2. The summed E-state index contributed by atoms with van der Waals surface area (Å²) in [6.07, 6.45) is 0. The Labute approximate surface area is 152 Å². The summed E-state index contributed by atoms with van der Waals surface area (Å²) in [5.74, 6) is -0.459. The number of hydrogen-bond acceptors (Lipinski definition) is 7. The average Bonchev–Trinajstić information content (AvgIpc) is 3.04. The van der Waals surface area contributed by atoms with Gasteiger partial charge in [0.1, 0.15) is 4.88 Å². The Morgan fingerprint density at radius 1 is 1.15 bits per heavy atom. The largest absolute Gasteiger partial charge is 0.465 e. The summed E-state index contributed by atoms with van der Waals surface area (Å²) in [6.45, 7) is 0. The molecule has 134 valence electrons. The second-order valence-electron chi connectivity index (χ2n) is 5.21. The Kier molecular flexibility index (Phi) is 4.62. The number of hydrogen-bond donors (Lipinski definition) is 1. The lowest BCUT2D eigenvalue weighted by Crippen LogP contribution is -2.12. The third-order valence-electron chi connectivity index (χ3n) is 3.51. The first-order chi connectivity index (χ1) is 12.3. The number of nitro benzene ring substituents is 1. The van der Waals surface area contributed by atoms with Crippen LogP contribution < -0.4 is 4.72 Å². The second-order valence-corrected chi connectivity index (χ2v) is 7.98. The zero-order valence-electron chi connectivity index (χ0n) is 13.3. The van der Waals surface area contributed by atoms with Crippen LogP contribution in [0.5, 0.6) is 0 Å². The number of esters is 1. The van der Waals surface area contributed by atoms with Gasteiger partial charge < -0.3 is 4.74 Å². The summed E-state index contributed by atoms with van der Waals surface area (Å²) in [5.41, 5.74) is 0.115. The van der Waals surface area contributed by atoms with E-state index in [1.54, 1.807) is 24.3 Å². The number of thiophene rings is 1. The lowest BCUT2D eigenvalue weighted by atomic mass is 10.2. The van der Waals surface area contributed by atoms with Crippen LogP contribution in [0.3, 0.4) is 0 Å². The van der Waals surface area contributed by atoms with Crippen molar-refractivity contribution in [3.63, 3.8) is 0 Å². The standard InChI is InChI=1S/C16H12N2O6S2/c1-24-16(19)15-9-10-8-11(2-7-14(10)25-15)17-26(22,23)13-5-3-12(4-6-13)18(20)21/h2-9,17H,1H3. The molecule has 0 saturated carbocycles. The van der Waals surface area contributed by atoms with Gasteiger partial charge in [0.15, 0.2) is 0 Å². The van der Waals surface area contributed by atoms with E-state index in [1.807, 2.05) is 0 Å². The minimum atomic E-state index is -3.90. The van der Waals surface area contributed by atoms with E-state index < -0.39 is 20.9 Å². The number of carbonyl (C=O) groups excluding carboxylic acids is 1. The van der Waals surface area contributed by atoms with Crippen molar-refractivity contribution in [2.75, 3.05) is 11.8 Å². The molecule has 26 heavy (non-hydrogen) atoms. The average molecular weight is 392 g/mol. The predicted molar refractivity (Wildman–Crippen MR) is 97.1 cm³/mol. The number of sulfonamides is 1. The molecule has 0 unspecified atom stereocenters. The highest BCUT2D eigenvalue weighted by molar-refractivity contribution is 7.92. The first-order valence-corrected chi connectivity index (χ1v) is 9.49. The molecule has 0 fully saturated rings. The van der Waals surface area contributed by atoms with Gasteiger partial charge in [-0.05, 0) is 41.8 Å². The topological polar surface area (TPSA) is 116 Å². The van der Waals surface area contributed by atoms with Crippen LogP contribution in [0.2, 0.25) is 0 Å². The van der Waals surface area contributed by atoms with E-state index >= 15 is 0 Å². The smallest absolute Gasteiger partial charge is 0.348 e. The molecule has 1 heterocycles. The molecule has 3 aromatic rings. The van der Waals surface area contributed by atoms with Gasteiger partial charge in [-0.3, -0.25) is 14.8 Å². The summed E-state index contributed by atoms with van der Waals surface area (Å²) in [6, 6.07) is 11.1. The number of nitrogens with one attached hydrogen (secondary N) is 1. The molecule has 0 aliphatic rings. The van der Waals surface area contributed by atoms with E-state index in [-0.39, 0.29) is 10.6 Å². The van der Waals surface area contributed by atoms with Crippen LogP contribution >= 0.6 is 11.3 Å². The fraction of sp³-hybridized carbons (Fsp3) is 0.0625. The van der Waals surface area contributed by atoms with Gasteiger partial charge in [0.05, 0.1) is 16.9 Å². The van der Waals surface area contributed by atoms with Crippen molar-refractivity contribution in [2.24, 2.45) is 0 Å². The second kappa shape index (κ2) is 6.73. The van der Waals surface area contributed by atoms with Crippen LogP contribution in [-0.2, 0) is 14.8 Å². The van der Waals surface area contributed by atoms with Crippen LogP contribution in [0.25, 0.3) is 10.1 Å². The highest BCUT2D eigenvalue weighted by Crippen LogP contribution is 2.29. The molecule has 0 saturated heterocycles. The summed E-state index contributed by atoms with van der Waals surface area (Å²) in [7, 11) is -2.61. The SMILES string of the molecule is COC(=O)c1cc2cc(NS(=O)(=O)c3ccc([N+](=O)[O-])cc3)ccc2s1. The van der Waals surface area contributed by atoms with Gasteiger partial charge in [0.2, 0.25) is 0 Å². The molecule has 0 radical (unpaired) electrons. The Balaban J connectivity index is 1.89. The third kappa shape index (κ3) is 3.51. The van der Waals surface area contributed by atoms with Crippen LogP contribution in [0.1, 0.15) is 9.67 Å². The number of rotatable bonds is 5. The zero-order chi connectivity index (χ0) is 18.9. The summed E-state index contributed by atoms with van der Waals surface area (Å²) < 4.78 is 32.8. The van der Waals surface area contributed by atoms with Crippen molar-refractivity contribution in [3.05, 3.63) is 63.5 Å². The number of methoxy groups -OCH3 is 1. The Bertz CT molecular complexity index is 1100. The maximum atomic E-state index is 12.4. The quantitative estimate of drug-likeness (QED) is 0.404. The van der Waals surface area contributed by atoms with Gasteiger partial charge in [0.25, 0.3) is 15.7 Å². The Morgan fingerprint density at radius 3 is 2.46 bits per heavy atom. The van der Waals surface area contributed by atoms with E-state index in [1.165, 1.54) is 30.6 Å². The van der Waals surface area contributed by atoms with Gasteiger partial charge in [0, 0.05) is 22.5 Å². The number of ether oxygens (including phenoxy) is 1. The molecule has 0 aliphatic heterocycles. The van der Waals surface area contributed by atoms with Crippen molar-refractivity contribution >= 4 is 48.8 Å². The Hall–Kier alpha value is -2.98. The van der Waals surface area contributed by atoms with E-state index in [9.17, 15) is 23.3 Å². The molecule has 1 N–H and O–H groups in total. The van der Waals surface area contributed by atoms with E-state index in [4.69, 9.17) is 0 Å². The molecule has 0 amide bonds. The number of benzene rings is 2. The van der Waals surface area contributed by atoms with Crippen molar-refractivity contribution in [2.45, 2.75) is 4.90 Å². The van der Waals surface area contributed by atoms with Gasteiger partial charge in [-0.2, -0.15) is 0 Å². The molecule has 0 aliphatic carbocycles. The molecule has 1 aromatic heterocycles.